The Kier molecular flexibility index (Phi) is 4.28. The quantitative estimate of drug-likeness (QED) is 0.898. The number of rotatable bonds is 4. The molecule has 1 fully saturated rings. The molecule has 0 saturated heterocycles. The van der Waals surface area contributed by atoms with Crippen molar-refractivity contribution in [3.05, 3.63) is 59.9 Å². The minimum atomic E-state index is -4.53. The van der Waals surface area contributed by atoms with E-state index < -0.39 is 39.5 Å². The van der Waals surface area contributed by atoms with E-state index in [1.807, 2.05) is 4.72 Å². The first-order chi connectivity index (χ1) is 11.7. The van der Waals surface area contributed by atoms with Crippen molar-refractivity contribution in [1.29, 1.82) is 0 Å². The van der Waals surface area contributed by atoms with Crippen LogP contribution in [0.4, 0.5) is 13.2 Å². The molecule has 2 aromatic rings. The number of halogens is 3. The molecule has 1 saturated carbocycles. The van der Waals surface area contributed by atoms with Gasteiger partial charge in [0, 0.05) is 18.3 Å². The topological polar surface area (TPSA) is 76.1 Å². The number of hydrogen-bond donors (Lipinski definition) is 1. The molecule has 5 nitrogen and oxygen atoms in total. The highest BCUT2D eigenvalue weighted by Crippen LogP contribution is 2.51. The monoisotopic (exact) mass is 370 g/mol. The number of hydrogen-bond acceptors (Lipinski definition) is 4. The van der Waals surface area contributed by atoms with Crippen molar-refractivity contribution in [3.63, 3.8) is 0 Å². The maximum atomic E-state index is 13.1. The number of carbonyl (C=O) groups excluding carboxylic acids is 1. The fraction of sp³-hybridized carbons (Fsp3) is 0.250. The third kappa shape index (κ3) is 3.65. The van der Waals surface area contributed by atoms with Gasteiger partial charge in [-0.1, -0.05) is 18.2 Å². The van der Waals surface area contributed by atoms with Crippen molar-refractivity contribution in [2.75, 3.05) is 0 Å². The summed E-state index contributed by atoms with van der Waals surface area (Å²) in [6.45, 7) is 0. The Bertz CT molecular complexity index is 898. The van der Waals surface area contributed by atoms with Gasteiger partial charge in [0.1, 0.15) is 4.90 Å². The average molecular weight is 370 g/mol. The minimum Gasteiger partial charge on any atom is -0.274 e. The summed E-state index contributed by atoms with van der Waals surface area (Å²) in [7, 11) is -4.09. The second kappa shape index (κ2) is 6.14. The fourth-order valence-electron chi connectivity index (χ4n) is 2.68. The number of sulfonamides is 1. The number of nitrogens with zero attached hydrogens (tertiary/aromatic N) is 1. The summed E-state index contributed by atoms with van der Waals surface area (Å²) < 4.78 is 65.3. The lowest BCUT2D eigenvalue weighted by Gasteiger charge is -2.12. The van der Waals surface area contributed by atoms with Crippen LogP contribution in [0.15, 0.2) is 53.7 Å². The Hall–Kier alpha value is -2.42. The van der Waals surface area contributed by atoms with E-state index in [0.717, 1.165) is 12.3 Å². The molecule has 1 aromatic heterocycles. The molecule has 132 valence electrons. The number of aromatic nitrogens is 1. The highest BCUT2D eigenvalue weighted by molar-refractivity contribution is 7.90. The van der Waals surface area contributed by atoms with Crippen LogP contribution in [0, 0.1) is 5.92 Å². The highest BCUT2D eigenvalue weighted by Gasteiger charge is 2.48. The molecule has 1 amide bonds. The third-order valence-electron chi connectivity index (χ3n) is 3.97. The van der Waals surface area contributed by atoms with Crippen LogP contribution >= 0.6 is 0 Å². The second-order valence-electron chi connectivity index (χ2n) is 5.69. The predicted octanol–water partition coefficient (Wildman–Crippen LogP) is 2.71. The Morgan fingerprint density at radius 3 is 2.52 bits per heavy atom. The molecule has 0 spiro atoms. The summed E-state index contributed by atoms with van der Waals surface area (Å²) in [4.78, 5) is 15.6. The zero-order valence-electron chi connectivity index (χ0n) is 12.7. The Labute approximate surface area is 141 Å². The Balaban J connectivity index is 1.76. The van der Waals surface area contributed by atoms with E-state index in [1.54, 1.807) is 0 Å². The van der Waals surface area contributed by atoms with E-state index in [1.165, 1.54) is 36.5 Å². The first-order valence-electron chi connectivity index (χ1n) is 7.33. The van der Waals surface area contributed by atoms with Gasteiger partial charge >= 0.3 is 6.18 Å². The standard InChI is InChI=1S/C16H13F3N2O3S/c17-16(18,19)14-6-2-1-5-11(14)12-8-13(12)15(22)21-25(23,24)10-4-3-7-20-9-10/h1-7,9,12-13H,8H2,(H,21,22). The van der Waals surface area contributed by atoms with Crippen LogP contribution in [0.25, 0.3) is 0 Å². The Morgan fingerprint density at radius 1 is 1.16 bits per heavy atom. The third-order valence-corrected chi connectivity index (χ3v) is 5.30. The Morgan fingerprint density at radius 2 is 1.88 bits per heavy atom. The molecule has 2 unspecified atom stereocenters. The molecule has 25 heavy (non-hydrogen) atoms. The molecule has 0 bridgehead atoms. The summed E-state index contributed by atoms with van der Waals surface area (Å²) in [6, 6.07) is 7.68. The van der Waals surface area contributed by atoms with E-state index >= 15 is 0 Å². The molecule has 0 aliphatic heterocycles. The van der Waals surface area contributed by atoms with Gasteiger partial charge < -0.3 is 0 Å². The normalized spacial score (nSPS) is 20.1. The van der Waals surface area contributed by atoms with Crippen LogP contribution < -0.4 is 4.72 Å². The lowest BCUT2D eigenvalue weighted by molar-refractivity contribution is -0.138. The highest BCUT2D eigenvalue weighted by atomic mass is 32.2. The van der Waals surface area contributed by atoms with Gasteiger partial charge in [-0.15, -0.1) is 0 Å². The number of amides is 1. The summed E-state index contributed by atoms with van der Waals surface area (Å²) in [6.07, 6.45) is -1.89. The summed E-state index contributed by atoms with van der Waals surface area (Å²) in [5, 5.41) is 0. The molecule has 9 heteroatoms. The van der Waals surface area contributed by atoms with E-state index in [2.05, 4.69) is 4.98 Å². The van der Waals surface area contributed by atoms with Crippen LogP contribution in [0.5, 0.6) is 0 Å². The average Bonchev–Trinajstić information content (AvgIpc) is 3.35. The summed E-state index contributed by atoms with van der Waals surface area (Å²) >= 11 is 0. The molecule has 1 aliphatic carbocycles. The first-order valence-corrected chi connectivity index (χ1v) is 8.81. The maximum absolute atomic E-state index is 13.1. The van der Waals surface area contributed by atoms with E-state index in [9.17, 15) is 26.4 Å². The number of carbonyl (C=O) groups is 1. The summed E-state index contributed by atoms with van der Waals surface area (Å²) in [5.41, 5.74) is -0.792. The van der Waals surface area contributed by atoms with Crippen molar-refractivity contribution >= 4 is 15.9 Å². The zero-order valence-corrected chi connectivity index (χ0v) is 13.5. The molecule has 1 aromatic carbocycles. The van der Waals surface area contributed by atoms with Crippen LogP contribution in [0.3, 0.4) is 0 Å². The van der Waals surface area contributed by atoms with Crippen LogP contribution in [-0.2, 0) is 21.0 Å². The van der Waals surface area contributed by atoms with Gasteiger partial charge in [-0.3, -0.25) is 9.78 Å². The smallest absolute Gasteiger partial charge is 0.274 e. The number of benzene rings is 1. The molecule has 1 heterocycles. The van der Waals surface area contributed by atoms with E-state index in [4.69, 9.17) is 0 Å². The molecule has 3 rings (SSSR count). The van der Waals surface area contributed by atoms with Crippen LogP contribution in [0.2, 0.25) is 0 Å². The van der Waals surface area contributed by atoms with Gasteiger partial charge in [0.15, 0.2) is 0 Å². The lowest BCUT2D eigenvalue weighted by Crippen LogP contribution is -2.32. The van der Waals surface area contributed by atoms with Gasteiger partial charge in [-0.05, 0) is 36.1 Å². The molecular formula is C16H13F3N2O3S. The van der Waals surface area contributed by atoms with Crippen molar-refractivity contribution in [3.8, 4) is 0 Å². The van der Waals surface area contributed by atoms with Crippen molar-refractivity contribution in [1.82, 2.24) is 9.71 Å². The fourth-order valence-corrected chi connectivity index (χ4v) is 3.67. The van der Waals surface area contributed by atoms with Crippen molar-refractivity contribution in [2.24, 2.45) is 5.92 Å². The van der Waals surface area contributed by atoms with Crippen molar-refractivity contribution < 1.29 is 26.4 Å². The van der Waals surface area contributed by atoms with Crippen LogP contribution in [-0.4, -0.2) is 19.3 Å². The van der Waals surface area contributed by atoms with Gasteiger partial charge in [0.2, 0.25) is 5.91 Å². The van der Waals surface area contributed by atoms with Gasteiger partial charge in [-0.25, -0.2) is 13.1 Å². The summed E-state index contributed by atoms with van der Waals surface area (Å²) in [5.74, 6) is -2.28. The van der Waals surface area contributed by atoms with Crippen LogP contribution in [0.1, 0.15) is 23.5 Å². The van der Waals surface area contributed by atoms with E-state index in [-0.39, 0.29) is 16.9 Å². The van der Waals surface area contributed by atoms with Gasteiger partial charge in [0.05, 0.1) is 5.56 Å². The minimum absolute atomic E-state index is 0.00826. The second-order valence-corrected chi connectivity index (χ2v) is 7.37. The largest absolute Gasteiger partial charge is 0.416 e. The number of alkyl halides is 3. The zero-order chi connectivity index (χ0) is 18.2. The lowest BCUT2D eigenvalue weighted by atomic mass is 10.0. The van der Waals surface area contributed by atoms with E-state index in [0.29, 0.717) is 0 Å². The molecular weight excluding hydrogens is 357 g/mol. The van der Waals surface area contributed by atoms with Gasteiger partial charge in [-0.2, -0.15) is 13.2 Å². The SMILES string of the molecule is O=C(NS(=O)(=O)c1cccnc1)C1CC1c1ccccc1C(F)(F)F. The predicted molar refractivity (Wildman–Crippen MR) is 81.9 cm³/mol. The molecule has 1 aliphatic rings. The molecule has 0 radical (unpaired) electrons. The molecule has 1 N–H and O–H groups in total. The number of nitrogens with one attached hydrogen (secondary N) is 1. The van der Waals surface area contributed by atoms with Crippen molar-refractivity contribution in [2.45, 2.75) is 23.4 Å². The molecule has 2 atom stereocenters. The number of pyridine rings is 1. The van der Waals surface area contributed by atoms with Gasteiger partial charge in [0.25, 0.3) is 10.0 Å². The maximum Gasteiger partial charge on any atom is 0.416 e. The first kappa shape index (κ1) is 17.4.